The highest BCUT2D eigenvalue weighted by molar-refractivity contribution is 6.31. The summed E-state index contributed by atoms with van der Waals surface area (Å²) in [7, 11) is 0. The third-order valence-electron chi connectivity index (χ3n) is 5.53. The molecule has 10 heteroatoms. The number of aromatic nitrogens is 1. The van der Waals surface area contributed by atoms with E-state index < -0.39 is 30.2 Å². The van der Waals surface area contributed by atoms with Gasteiger partial charge in [-0.15, -0.1) is 0 Å². The van der Waals surface area contributed by atoms with Crippen molar-refractivity contribution < 1.29 is 22.4 Å². The van der Waals surface area contributed by atoms with E-state index in [0.717, 1.165) is 5.01 Å². The maximum Gasteiger partial charge on any atom is 0.406 e. The van der Waals surface area contributed by atoms with E-state index in [1.165, 1.54) is 0 Å². The van der Waals surface area contributed by atoms with Gasteiger partial charge in [0.2, 0.25) is 5.89 Å². The molecular formula is C21H16ClF3N4O2. The van der Waals surface area contributed by atoms with Gasteiger partial charge in [0.15, 0.2) is 5.58 Å². The number of oxazole rings is 1. The Morgan fingerprint density at radius 3 is 2.61 bits per heavy atom. The molecule has 0 spiro atoms. The van der Waals surface area contributed by atoms with Crippen LogP contribution in [0.5, 0.6) is 0 Å². The molecule has 0 aliphatic carbocycles. The van der Waals surface area contributed by atoms with Crippen molar-refractivity contribution in [3.05, 3.63) is 70.7 Å². The third-order valence-corrected chi connectivity index (χ3v) is 5.76. The molecule has 1 saturated heterocycles. The van der Waals surface area contributed by atoms with Crippen molar-refractivity contribution in [3.63, 3.8) is 0 Å². The third kappa shape index (κ3) is 3.24. The van der Waals surface area contributed by atoms with Crippen molar-refractivity contribution in [1.29, 1.82) is 0 Å². The van der Waals surface area contributed by atoms with Crippen LogP contribution in [0.3, 0.4) is 0 Å². The number of carbonyl (C=O) groups is 1. The average Bonchev–Trinajstić information content (AvgIpc) is 3.29. The van der Waals surface area contributed by atoms with E-state index in [1.807, 2.05) is 0 Å². The van der Waals surface area contributed by atoms with Crippen molar-refractivity contribution in [2.75, 3.05) is 0 Å². The van der Waals surface area contributed by atoms with Gasteiger partial charge in [-0.25, -0.2) is 15.4 Å². The number of alkyl halides is 3. The molecule has 5 rings (SSSR count). The molecule has 1 amide bonds. The van der Waals surface area contributed by atoms with E-state index in [2.05, 4.69) is 15.7 Å². The summed E-state index contributed by atoms with van der Waals surface area (Å²) in [5.74, 6) is -1.67. The first-order chi connectivity index (χ1) is 14.7. The zero-order chi connectivity index (χ0) is 21.9. The van der Waals surface area contributed by atoms with Gasteiger partial charge in [0, 0.05) is 10.7 Å². The monoisotopic (exact) mass is 448 g/mol. The summed E-state index contributed by atoms with van der Waals surface area (Å²) < 4.78 is 47.3. The molecule has 3 heterocycles. The molecule has 6 nitrogen and oxygen atoms in total. The second-order valence-electron chi connectivity index (χ2n) is 7.48. The number of hydrogen-bond acceptors (Lipinski definition) is 5. The van der Waals surface area contributed by atoms with Crippen LogP contribution < -0.4 is 10.7 Å². The van der Waals surface area contributed by atoms with Gasteiger partial charge in [-0.2, -0.15) is 13.2 Å². The zero-order valence-corrected chi connectivity index (χ0v) is 16.8. The van der Waals surface area contributed by atoms with E-state index in [-0.39, 0.29) is 11.5 Å². The molecule has 0 radical (unpaired) electrons. The van der Waals surface area contributed by atoms with Crippen LogP contribution in [0.4, 0.5) is 13.2 Å². The lowest BCUT2D eigenvalue weighted by molar-refractivity contribution is -0.161. The van der Waals surface area contributed by atoms with Crippen LogP contribution in [0, 0.1) is 0 Å². The Morgan fingerprint density at radius 2 is 1.90 bits per heavy atom. The Labute approximate surface area is 179 Å². The quantitative estimate of drug-likeness (QED) is 0.615. The molecule has 2 aromatic carbocycles. The number of allylic oxidation sites excluding steroid dienone is 1. The number of hydrazine groups is 1. The highest BCUT2D eigenvalue weighted by Crippen LogP contribution is 2.42. The Morgan fingerprint density at radius 1 is 1.16 bits per heavy atom. The van der Waals surface area contributed by atoms with E-state index in [1.54, 1.807) is 55.5 Å². The minimum Gasteiger partial charge on any atom is -0.436 e. The predicted octanol–water partition coefficient (Wildman–Crippen LogP) is 4.20. The maximum atomic E-state index is 13.9. The van der Waals surface area contributed by atoms with Crippen molar-refractivity contribution in [2.24, 2.45) is 0 Å². The number of benzene rings is 2. The molecule has 160 valence electrons. The lowest BCUT2D eigenvalue weighted by Gasteiger charge is -2.34. The zero-order valence-electron chi connectivity index (χ0n) is 16.1. The van der Waals surface area contributed by atoms with Gasteiger partial charge in [0.05, 0.1) is 5.92 Å². The molecule has 3 atom stereocenters. The fourth-order valence-electron chi connectivity index (χ4n) is 4.15. The SMILES string of the molecule is CC1=C(c2nc3cc(Cl)ccc3o2)C(=O)N2NC(C(F)(F)F)C(c3ccccc3)C2N1. The highest BCUT2D eigenvalue weighted by atomic mass is 35.5. The van der Waals surface area contributed by atoms with Crippen molar-refractivity contribution >= 4 is 34.2 Å². The largest absolute Gasteiger partial charge is 0.436 e. The molecule has 31 heavy (non-hydrogen) atoms. The number of hydrogen-bond donors (Lipinski definition) is 2. The van der Waals surface area contributed by atoms with Gasteiger partial charge >= 0.3 is 6.18 Å². The molecule has 1 aromatic heterocycles. The summed E-state index contributed by atoms with van der Waals surface area (Å²) >= 11 is 5.98. The summed E-state index contributed by atoms with van der Waals surface area (Å²) in [6.45, 7) is 1.62. The van der Waals surface area contributed by atoms with Crippen molar-refractivity contribution in [3.8, 4) is 0 Å². The lowest BCUT2D eigenvalue weighted by atomic mass is 9.89. The molecule has 0 bridgehead atoms. The van der Waals surface area contributed by atoms with Gasteiger partial charge in [-0.1, -0.05) is 41.9 Å². The Bertz CT molecular complexity index is 1210. The number of halogens is 4. The summed E-state index contributed by atoms with van der Waals surface area (Å²) in [6.07, 6.45) is -5.49. The molecular weight excluding hydrogens is 433 g/mol. The van der Waals surface area contributed by atoms with Crippen LogP contribution in [-0.4, -0.2) is 34.3 Å². The van der Waals surface area contributed by atoms with Crippen LogP contribution in [0.15, 0.2) is 58.6 Å². The topological polar surface area (TPSA) is 70.4 Å². The first-order valence-corrected chi connectivity index (χ1v) is 9.87. The summed E-state index contributed by atoms with van der Waals surface area (Å²) in [4.78, 5) is 17.6. The van der Waals surface area contributed by atoms with Gasteiger partial charge in [-0.05, 0) is 30.7 Å². The average molecular weight is 449 g/mol. The number of rotatable bonds is 2. The summed E-state index contributed by atoms with van der Waals surface area (Å²) in [6, 6.07) is 11.2. The Kier molecular flexibility index (Phi) is 4.49. The van der Waals surface area contributed by atoms with Crippen LogP contribution >= 0.6 is 11.6 Å². The number of carbonyl (C=O) groups excluding carboxylic acids is 1. The lowest BCUT2D eigenvalue weighted by Crippen LogP contribution is -2.54. The Hall–Kier alpha value is -3.04. The first kappa shape index (κ1) is 19.9. The number of nitrogens with one attached hydrogen (secondary N) is 2. The molecule has 2 aliphatic heterocycles. The van der Waals surface area contributed by atoms with Crippen molar-refractivity contribution in [1.82, 2.24) is 20.7 Å². The molecule has 3 aromatic rings. The van der Waals surface area contributed by atoms with E-state index in [9.17, 15) is 18.0 Å². The second kappa shape index (κ2) is 7.00. The number of amides is 1. The molecule has 2 N–H and O–H groups in total. The maximum absolute atomic E-state index is 13.9. The van der Waals surface area contributed by atoms with E-state index in [4.69, 9.17) is 16.0 Å². The molecule has 2 aliphatic rings. The van der Waals surface area contributed by atoms with Gasteiger partial charge in [0.25, 0.3) is 5.91 Å². The van der Waals surface area contributed by atoms with Gasteiger partial charge in [0.1, 0.15) is 23.3 Å². The number of nitrogens with zero attached hydrogens (tertiary/aromatic N) is 2. The fourth-order valence-corrected chi connectivity index (χ4v) is 4.32. The number of fused-ring (bicyclic) bond motifs is 2. The minimum absolute atomic E-state index is 0.0132. The molecule has 3 unspecified atom stereocenters. The molecule has 1 fully saturated rings. The van der Waals surface area contributed by atoms with Gasteiger partial charge < -0.3 is 9.73 Å². The van der Waals surface area contributed by atoms with E-state index >= 15 is 0 Å². The fraction of sp³-hybridized carbons (Fsp3) is 0.238. The Balaban J connectivity index is 1.58. The summed E-state index contributed by atoms with van der Waals surface area (Å²) in [5.41, 5.74) is 4.14. The summed E-state index contributed by atoms with van der Waals surface area (Å²) in [5, 5.41) is 4.50. The molecule has 0 saturated carbocycles. The normalized spacial score (nSPS) is 24.0. The van der Waals surface area contributed by atoms with E-state index in [0.29, 0.717) is 27.4 Å². The highest BCUT2D eigenvalue weighted by Gasteiger charge is 2.58. The van der Waals surface area contributed by atoms with Crippen LogP contribution in [0.2, 0.25) is 5.02 Å². The first-order valence-electron chi connectivity index (χ1n) is 9.49. The van der Waals surface area contributed by atoms with Crippen LogP contribution in [0.1, 0.15) is 24.3 Å². The second-order valence-corrected chi connectivity index (χ2v) is 7.92. The van der Waals surface area contributed by atoms with Crippen LogP contribution in [0.25, 0.3) is 16.7 Å². The van der Waals surface area contributed by atoms with Gasteiger partial charge in [-0.3, -0.25) is 4.79 Å². The smallest absolute Gasteiger partial charge is 0.406 e. The van der Waals surface area contributed by atoms with Crippen molar-refractivity contribution in [2.45, 2.75) is 31.2 Å². The standard InChI is InChI=1S/C21H16ClF3N4O2/c1-10-15(19-27-13-9-12(22)7-8-14(13)31-19)20(30)29-18(26-10)16(11-5-3-2-4-6-11)17(28-29)21(23,24)25/h2-9,16-18,26,28H,1H3. The minimum atomic E-state index is -4.57. The van der Waals surface area contributed by atoms with Crippen LogP contribution in [-0.2, 0) is 4.79 Å². The predicted molar refractivity (Wildman–Crippen MR) is 108 cm³/mol.